The second kappa shape index (κ2) is 6.32. The SMILES string of the molecule is COc1ccc(NC(=O)C2c3ccccc3Oc3ccccc32)cc1. The number of hydrogen-bond acceptors (Lipinski definition) is 3. The van der Waals surface area contributed by atoms with Crippen LogP contribution in [-0.2, 0) is 4.79 Å². The number of amides is 1. The van der Waals surface area contributed by atoms with E-state index in [1.807, 2.05) is 72.8 Å². The Bertz CT molecular complexity index is 873. The number of rotatable bonds is 3. The molecular formula is C21H17NO3. The first-order valence-electron chi connectivity index (χ1n) is 8.07. The largest absolute Gasteiger partial charge is 0.497 e. The predicted octanol–water partition coefficient (Wildman–Crippen LogP) is 4.57. The van der Waals surface area contributed by atoms with Crippen LogP contribution in [0.2, 0.25) is 0 Å². The van der Waals surface area contributed by atoms with Crippen molar-refractivity contribution in [3.8, 4) is 17.2 Å². The fourth-order valence-corrected chi connectivity index (χ4v) is 3.08. The van der Waals surface area contributed by atoms with E-state index in [9.17, 15) is 4.79 Å². The van der Waals surface area contributed by atoms with Gasteiger partial charge in [0.15, 0.2) is 0 Å². The highest BCUT2D eigenvalue weighted by Gasteiger charge is 2.32. The first-order chi connectivity index (χ1) is 12.3. The quantitative estimate of drug-likeness (QED) is 0.764. The molecule has 0 fully saturated rings. The minimum Gasteiger partial charge on any atom is -0.497 e. The van der Waals surface area contributed by atoms with Crippen LogP contribution in [0.25, 0.3) is 0 Å². The number of para-hydroxylation sites is 2. The number of fused-ring (bicyclic) bond motifs is 2. The van der Waals surface area contributed by atoms with Gasteiger partial charge in [-0.05, 0) is 36.4 Å². The number of ether oxygens (including phenoxy) is 2. The summed E-state index contributed by atoms with van der Waals surface area (Å²) in [5.41, 5.74) is 2.46. The van der Waals surface area contributed by atoms with Crippen molar-refractivity contribution in [2.45, 2.75) is 5.92 Å². The van der Waals surface area contributed by atoms with E-state index in [0.717, 1.165) is 34.1 Å². The molecule has 25 heavy (non-hydrogen) atoms. The molecule has 0 unspecified atom stereocenters. The highest BCUT2D eigenvalue weighted by molar-refractivity contribution is 5.99. The van der Waals surface area contributed by atoms with Crippen molar-refractivity contribution in [2.24, 2.45) is 0 Å². The molecule has 1 N–H and O–H groups in total. The minimum absolute atomic E-state index is 0.0895. The highest BCUT2D eigenvalue weighted by Crippen LogP contribution is 2.44. The monoisotopic (exact) mass is 331 g/mol. The van der Waals surface area contributed by atoms with Crippen molar-refractivity contribution in [3.05, 3.63) is 83.9 Å². The average molecular weight is 331 g/mol. The third-order valence-corrected chi connectivity index (χ3v) is 4.30. The Labute approximate surface area is 146 Å². The molecule has 0 saturated heterocycles. The molecule has 4 rings (SSSR count). The zero-order valence-corrected chi connectivity index (χ0v) is 13.7. The van der Waals surface area contributed by atoms with E-state index in [-0.39, 0.29) is 5.91 Å². The molecule has 3 aromatic carbocycles. The van der Waals surface area contributed by atoms with Gasteiger partial charge in [-0.1, -0.05) is 36.4 Å². The molecule has 0 atom stereocenters. The van der Waals surface area contributed by atoms with Crippen molar-refractivity contribution < 1.29 is 14.3 Å². The molecule has 0 aromatic heterocycles. The van der Waals surface area contributed by atoms with Crippen molar-refractivity contribution in [2.75, 3.05) is 12.4 Å². The number of carbonyl (C=O) groups is 1. The topological polar surface area (TPSA) is 47.6 Å². The summed E-state index contributed by atoms with van der Waals surface area (Å²) in [5.74, 6) is 1.68. The van der Waals surface area contributed by atoms with Gasteiger partial charge in [0.2, 0.25) is 5.91 Å². The Hall–Kier alpha value is -3.27. The number of anilines is 1. The molecule has 1 heterocycles. The summed E-state index contributed by atoms with van der Waals surface area (Å²) in [4.78, 5) is 13.0. The van der Waals surface area contributed by atoms with E-state index in [0.29, 0.717) is 0 Å². The van der Waals surface area contributed by atoms with Crippen LogP contribution in [0, 0.1) is 0 Å². The van der Waals surface area contributed by atoms with E-state index in [1.54, 1.807) is 7.11 Å². The molecule has 3 aromatic rings. The normalized spacial score (nSPS) is 12.5. The van der Waals surface area contributed by atoms with Crippen molar-refractivity contribution in [1.29, 1.82) is 0 Å². The second-order valence-electron chi connectivity index (χ2n) is 5.83. The summed E-state index contributed by atoms with van der Waals surface area (Å²) in [6.07, 6.45) is 0. The number of hydrogen-bond donors (Lipinski definition) is 1. The summed E-state index contributed by atoms with van der Waals surface area (Å²) >= 11 is 0. The van der Waals surface area contributed by atoms with Gasteiger partial charge in [-0.2, -0.15) is 0 Å². The van der Waals surface area contributed by atoms with E-state index in [2.05, 4.69) is 5.32 Å². The zero-order valence-electron chi connectivity index (χ0n) is 13.7. The maximum Gasteiger partial charge on any atom is 0.236 e. The number of benzene rings is 3. The van der Waals surface area contributed by atoms with Crippen LogP contribution >= 0.6 is 0 Å². The van der Waals surface area contributed by atoms with Gasteiger partial charge in [-0.25, -0.2) is 0 Å². The third kappa shape index (κ3) is 2.83. The minimum atomic E-state index is -0.414. The molecule has 1 aliphatic heterocycles. The Morgan fingerprint density at radius 2 is 1.44 bits per heavy atom. The standard InChI is InChI=1S/C21H17NO3/c1-24-15-12-10-14(11-13-15)22-21(23)20-16-6-2-4-8-18(16)25-19-9-5-3-7-17(19)20/h2-13,20H,1H3,(H,22,23). The van der Waals surface area contributed by atoms with Gasteiger partial charge in [0, 0.05) is 16.8 Å². The van der Waals surface area contributed by atoms with Crippen molar-refractivity contribution >= 4 is 11.6 Å². The lowest BCUT2D eigenvalue weighted by molar-refractivity contribution is -0.116. The van der Waals surface area contributed by atoms with Gasteiger partial charge in [-0.3, -0.25) is 4.79 Å². The van der Waals surface area contributed by atoms with E-state index in [4.69, 9.17) is 9.47 Å². The van der Waals surface area contributed by atoms with Crippen LogP contribution in [-0.4, -0.2) is 13.0 Å². The summed E-state index contributed by atoms with van der Waals surface area (Å²) in [6, 6.07) is 22.6. The first kappa shape index (κ1) is 15.3. The molecule has 0 saturated carbocycles. The summed E-state index contributed by atoms with van der Waals surface area (Å²) in [7, 11) is 1.61. The summed E-state index contributed by atoms with van der Waals surface area (Å²) < 4.78 is 11.1. The Kier molecular flexibility index (Phi) is 3.86. The van der Waals surface area contributed by atoms with E-state index < -0.39 is 5.92 Å². The molecule has 0 bridgehead atoms. The average Bonchev–Trinajstić information content (AvgIpc) is 2.66. The van der Waals surface area contributed by atoms with E-state index in [1.165, 1.54) is 0 Å². The van der Waals surface area contributed by atoms with Gasteiger partial charge < -0.3 is 14.8 Å². The lowest BCUT2D eigenvalue weighted by Gasteiger charge is -2.27. The molecule has 4 heteroatoms. The lowest BCUT2D eigenvalue weighted by atomic mass is 9.87. The summed E-state index contributed by atoms with van der Waals surface area (Å²) in [5, 5.41) is 2.99. The molecule has 124 valence electrons. The fraction of sp³-hybridized carbons (Fsp3) is 0.0952. The van der Waals surface area contributed by atoms with Gasteiger partial charge in [0.05, 0.1) is 13.0 Å². The molecule has 4 nitrogen and oxygen atoms in total. The van der Waals surface area contributed by atoms with Crippen LogP contribution in [0.3, 0.4) is 0 Å². The molecule has 1 amide bonds. The maximum absolute atomic E-state index is 13.0. The van der Waals surface area contributed by atoms with Gasteiger partial charge in [0.1, 0.15) is 17.2 Å². The molecular weight excluding hydrogens is 314 g/mol. The molecule has 1 aliphatic rings. The van der Waals surface area contributed by atoms with Gasteiger partial charge in [0.25, 0.3) is 0 Å². The summed E-state index contributed by atoms with van der Waals surface area (Å²) in [6.45, 7) is 0. The predicted molar refractivity (Wildman–Crippen MR) is 96.4 cm³/mol. The number of nitrogens with one attached hydrogen (secondary N) is 1. The van der Waals surface area contributed by atoms with Crippen LogP contribution < -0.4 is 14.8 Å². The second-order valence-corrected chi connectivity index (χ2v) is 5.83. The third-order valence-electron chi connectivity index (χ3n) is 4.30. The van der Waals surface area contributed by atoms with Crippen LogP contribution in [0.1, 0.15) is 17.0 Å². The van der Waals surface area contributed by atoms with Gasteiger partial charge >= 0.3 is 0 Å². The smallest absolute Gasteiger partial charge is 0.236 e. The van der Waals surface area contributed by atoms with E-state index >= 15 is 0 Å². The molecule has 0 aliphatic carbocycles. The number of methoxy groups -OCH3 is 1. The Morgan fingerprint density at radius 3 is 2.00 bits per heavy atom. The Morgan fingerprint density at radius 1 is 0.880 bits per heavy atom. The molecule has 0 radical (unpaired) electrons. The Balaban J connectivity index is 1.70. The zero-order chi connectivity index (χ0) is 17.2. The maximum atomic E-state index is 13.0. The van der Waals surface area contributed by atoms with Crippen molar-refractivity contribution in [3.63, 3.8) is 0 Å². The van der Waals surface area contributed by atoms with Crippen LogP contribution in [0.15, 0.2) is 72.8 Å². The molecule has 0 spiro atoms. The highest BCUT2D eigenvalue weighted by atomic mass is 16.5. The van der Waals surface area contributed by atoms with Crippen molar-refractivity contribution in [1.82, 2.24) is 0 Å². The van der Waals surface area contributed by atoms with Gasteiger partial charge in [-0.15, -0.1) is 0 Å². The number of carbonyl (C=O) groups excluding carboxylic acids is 1. The van der Waals surface area contributed by atoms with Crippen LogP contribution in [0.5, 0.6) is 17.2 Å². The first-order valence-corrected chi connectivity index (χ1v) is 8.07. The fourth-order valence-electron chi connectivity index (χ4n) is 3.08. The lowest BCUT2D eigenvalue weighted by Crippen LogP contribution is -2.25. The van der Waals surface area contributed by atoms with Crippen LogP contribution in [0.4, 0.5) is 5.69 Å².